The number of aromatic nitrogens is 2. The van der Waals surface area contributed by atoms with Gasteiger partial charge in [0.1, 0.15) is 16.8 Å². The second-order valence-electron chi connectivity index (χ2n) is 7.59. The molecule has 2 aromatic heterocycles. The lowest BCUT2D eigenvalue weighted by molar-refractivity contribution is -0.115. The van der Waals surface area contributed by atoms with E-state index in [1.807, 2.05) is 6.92 Å². The molecule has 2 heterocycles. The smallest absolute Gasteiger partial charge is 0.348 e. The van der Waals surface area contributed by atoms with Gasteiger partial charge in [-0.2, -0.15) is 4.98 Å². The van der Waals surface area contributed by atoms with Crippen molar-refractivity contribution < 1.29 is 23.8 Å². The molecule has 0 aliphatic heterocycles. The minimum atomic E-state index is -1.08. The number of likely N-dealkylation sites (N-methyl/N-ethyl adjacent to an activating group) is 1. The van der Waals surface area contributed by atoms with Crippen molar-refractivity contribution in [3.05, 3.63) is 58.5 Å². The van der Waals surface area contributed by atoms with E-state index in [-0.39, 0.29) is 31.2 Å². The summed E-state index contributed by atoms with van der Waals surface area (Å²) in [7, 11) is 1.54. The van der Waals surface area contributed by atoms with Gasteiger partial charge in [0, 0.05) is 23.7 Å². The van der Waals surface area contributed by atoms with Gasteiger partial charge in [0.25, 0.3) is 0 Å². The number of ether oxygens (including phenoxy) is 1. The van der Waals surface area contributed by atoms with Crippen LogP contribution in [0.25, 0.3) is 33.3 Å². The summed E-state index contributed by atoms with van der Waals surface area (Å²) in [5.74, 6) is -1.24. The molecule has 0 saturated heterocycles. The average Bonchev–Trinajstić information content (AvgIpc) is 3.21. The summed E-state index contributed by atoms with van der Waals surface area (Å²) in [6, 6.07) is 11.4. The van der Waals surface area contributed by atoms with Crippen LogP contribution in [0, 0.1) is 0 Å². The lowest BCUT2D eigenvalue weighted by atomic mass is 10.1. The molecule has 0 unspecified atom stereocenters. The van der Waals surface area contributed by atoms with Crippen LogP contribution in [-0.4, -0.2) is 53.3 Å². The second-order valence-corrected chi connectivity index (χ2v) is 7.59. The molecule has 10 heteroatoms. The van der Waals surface area contributed by atoms with E-state index in [2.05, 4.69) is 15.6 Å². The highest BCUT2D eigenvalue weighted by Gasteiger charge is 2.20. The number of benzene rings is 2. The molecular formula is C24H24N4O6. The van der Waals surface area contributed by atoms with Crippen molar-refractivity contribution in [1.82, 2.24) is 14.9 Å². The summed E-state index contributed by atoms with van der Waals surface area (Å²) in [6.07, 6.45) is 0. The number of hydrogen-bond acceptors (Lipinski definition) is 7. The van der Waals surface area contributed by atoms with E-state index in [0.29, 0.717) is 45.6 Å². The van der Waals surface area contributed by atoms with Gasteiger partial charge in [-0.05, 0) is 36.9 Å². The van der Waals surface area contributed by atoms with E-state index < -0.39 is 11.7 Å². The van der Waals surface area contributed by atoms with E-state index in [0.717, 1.165) is 0 Å². The van der Waals surface area contributed by atoms with Crippen LogP contribution in [0.15, 0.2) is 51.7 Å². The molecular weight excluding hydrogens is 440 g/mol. The van der Waals surface area contributed by atoms with E-state index >= 15 is 0 Å². The lowest BCUT2D eigenvalue weighted by Gasteiger charge is -2.10. The predicted molar refractivity (Wildman–Crippen MR) is 127 cm³/mol. The Morgan fingerprint density at radius 1 is 1.18 bits per heavy atom. The summed E-state index contributed by atoms with van der Waals surface area (Å²) < 4.78 is 12.6. The van der Waals surface area contributed by atoms with Gasteiger partial charge in [0.05, 0.1) is 25.3 Å². The molecule has 10 nitrogen and oxygen atoms in total. The van der Waals surface area contributed by atoms with Gasteiger partial charge < -0.3 is 24.9 Å². The number of hydrogen-bond donors (Lipinski definition) is 3. The maximum atomic E-state index is 13.0. The number of nitrogens with one attached hydrogen (secondary N) is 2. The van der Waals surface area contributed by atoms with Crippen molar-refractivity contribution in [2.45, 2.75) is 13.5 Å². The van der Waals surface area contributed by atoms with Crippen molar-refractivity contribution in [3.63, 3.8) is 0 Å². The minimum Gasteiger partial charge on any atom is -0.478 e. The molecule has 0 saturated carbocycles. The fourth-order valence-corrected chi connectivity index (χ4v) is 3.69. The summed E-state index contributed by atoms with van der Waals surface area (Å²) >= 11 is 0. The molecule has 0 radical (unpaired) electrons. The van der Waals surface area contributed by atoms with Crippen molar-refractivity contribution >= 4 is 39.6 Å². The summed E-state index contributed by atoms with van der Waals surface area (Å²) in [6.45, 7) is 3.36. The van der Waals surface area contributed by atoms with Crippen LogP contribution >= 0.6 is 0 Å². The molecule has 4 rings (SSSR count). The Labute approximate surface area is 194 Å². The van der Waals surface area contributed by atoms with Crippen LogP contribution < -0.4 is 16.3 Å². The van der Waals surface area contributed by atoms with Crippen molar-refractivity contribution in [2.75, 3.05) is 32.1 Å². The first kappa shape index (κ1) is 23.1. The first-order chi connectivity index (χ1) is 16.4. The molecule has 3 N–H and O–H groups in total. The third-order valence-electron chi connectivity index (χ3n) is 5.33. The standard InChI is InChI=1S/C24H24N4O6/c1-3-25-13-19(29)26-16-7-4-14(5-8-16)20-22-21(28(10-11-33-2)24(32)27-20)17-9-6-15(23(30)31)12-18(17)34-22/h4-9,12,25H,3,10-11,13H2,1-2H3,(H,26,29)(H,30,31). The lowest BCUT2D eigenvalue weighted by Crippen LogP contribution is -2.27. The van der Waals surface area contributed by atoms with E-state index in [1.165, 1.54) is 23.8 Å². The number of methoxy groups -OCH3 is 1. The van der Waals surface area contributed by atoms with Gasteiger partial charge in [0.2, 0.25) is 5.91 Å². The zero-order valence-corrected chi connectivity index (χ0v) is 18.8. The third kappa shape index (κ3) is 4.54. The van der Waals surface area contributed by atoms with Crippen LogP contribution in [0.3, 0.4) is 0 Å². The van der Waals surface area contributed by atoms with Gasteiger partial charge in [-0.1, -0.05) is 19.1 Å². The Kier molecular flexibility index (Phi) is 6.71. The molecule has 4 aromatic rings. The summed E-state index contributed by atoms with van der Waals surface area (Å²) in [4.78, 5) is 40.6. The molecule has 0 aliphatic carbocycles. The Morgan fingerprint density at radius 2 is 1.94 bits per heavy atom. The SMILES string of the molecule is CCNCC(=O)Nc1ccc(-c2nc(=O)n(CCOC)c3c2oc2cc(C(=O)O)ccc23)cc1. The quantitative estimate of drug-likeness (QED) is 0.344. The molecule has 0 aliphatic rings. The zero-order valence-electron chi connectivity index (χ0n) is 18.8. The Balaban J connectivity index is 1.83. The van der Waals surface area contributed by atoms with Gasteiger partial charge in [-0.15, -0.1) is 0 Å². The van der Waals surface area contributed by atoms with E-state index in [1.54, 1.807) is 30.3 Å². The maximum absolute atomic E-state index is 13.0. The van der Waals surface area contributed by atoms with Crippen LogP contribution in [-0.2, 0) is 16.1 Å². The van der Waals surface area contributed by atoms with Gasteiger partial charge in [0.15, 0.2) is 5.58 Å². The largest absolute Gasteiger partial charge is 0.478 e. The third-order valence-corrected chi connectivity index (χ3v) is 5.33. The highest BCUT2D eigenvalue weighted by atomic mass is 16.5. The molecule has 0 fully saturated rings. The number of carbonyl (C=O) groups is 2. The maximum Gasteiger partial charge on any atom is 0.348 e. The molecule has 2 aromatic carbocycles. The number of anilines is 1. The number of carbonyl (C=O) groups excluding carboxylic acids is 1. The van der Waals surface area contributed by atoms with E-state index in [4.69, 9.17) is 9.15 Å². The van der Waals surface area contributed by atoms with Gasteiger partial charge >= 0.3 is 11.7 Å². The fraction of sp³-hybridized carbons (Fsp3) is 0.250. The van der Waals surface area contributed by atoms with Crippen LogP contribution in [0.1, 0.15) is 17.3 Å². The monoisotopic (exact) mass is 464 g/mol. The Bertz CT molecular complexity index is 1420. The summed E-state index contributed by atoms with van der Waals surface area (Å²) in [5.41, 5.74) is 2.35. The number of amides is 1. The first-order valence-corrected chi connectivity index (χ1v) is 10.7. The number of furan rings is 1. The first-order valence-electron chi connectivity index (χ1n) is 10.7. The van der Waals surface area contributed by atoms with Crippen molar-refractivity contribution in [1.29, 1.82) is 0 Å². The number of carboxylic acid groups (broad SMARTS) is 1. The van der Waals surface area contributed by atoms with Crippen molar-refractivity contribution in [3.8, 4) is 11.3 Å². The molecule has 176 valence electrons. The minimum absolute atomic E-state index is 0.0736. The molecule has 0 bridgehead atoms. The van der Waals surface area contributed by atoms with Crippen LogP contribution in [0.4, 0.5) is 5.69 Å². The normalized spacial score (nSPS) is 11.2. The van der Waals surface area contributed by atoms with Gasteiger partial charge in [-0.3, -0.25) is 9.36 Å². The molecule has 1 amide bonds. The zero-order chi connectivity index (χ0) is 24.2. The molecule has 0 spiro atoms. The molecule has 34 heavy (non-hydrogen) atoms. The average molecular weight is 464 g/mol. The Morgan fingerprint density at radius 3 is 2.62 bits per heavy atom. The van der Waals surface area contributed by atoms with Crippen LogP contribution in [0.5, 0.6) is 0 Å². The van der Waals surface area contributed by atoms with E-state index in [9.17, 15) is 19.5 Å². The number of rotatable bonds is 9. The highest BCUT2D eigenvalue weighted by molar-refractivity contribution is 6.08. The topological polar surface area (TPSA) is 136 Å². The van der Waals surface area contributed by atoms with Crippen LogP contribution in [0.2, 0.25) is 0 Å². The van der Waals surface area contributed by atoms with Crippen molar-refractivity contribution in [2.24, 2.45) is 0 Å². The Hall–Kier alpha value is -4.02. The predicted octanol–water partition coefficient (Wildman–Crippen LogP) is 2.70. The number of nitrogens with zero attached hydrogens (tertiary/aromatic N) is 2. The fourth-order valence-electron chi connectivity index (χ4n) is 3.69. The van der Waals surface area contributed by atoms with Gasteiger partial charge in [-0.25, -0.2) is 9.59 Å². The summed E-state index contributed by atoms with van der Waals surface area (Å²) in [5, 5.41) is 15.7. The second kappa shape index (κ2) is 9.86. The number of carboxylic acids is 1. The highest BCUT2D eigenvalue weighted by Crippen LogP contribution is 2.34. The molecule has 0 atom stereocenters. The number of aromatic carboxylic acids is 1. The number of fused-ring (bicyclic) bond motifs is 3.